The fraction of sp³-hybridized carbons (Fsp3) is 0.308. The van der Waals surface area contributed by atoms with Gasteiger partial charge in [0.2, 0.25) is 5.91 Å². The van der Waals surface area contributed by atoms with E-state index >= 15 is 0 Å². The Balaban J connectivity index is 1.81. The molecular weight excluding hydrogens is 290 g/mol. The van der Waals surface area contributed by atoms with Crippen LogP contribution in [-0.2, 0) is 11.2 Å². The summed E-state index contributed by atoms with van der Waals surface area (Å²) in [4.78, 5) is 13.8. The SMILES string of the molecule is N/C(=N/O)c1cn[nH]c1NC(=O)C1CCCc2sccc21. The minimum atomic E-state index is -0.163. The number of nitrogens with zero attached hydrogens (tertiary/aromatic N) is 2. The molecule has 0 aromatic carbocycles. The maximum Gasteiger partial charge on any atom is 0.233 e. The summed E-state index contributed by atoms with van der Waals surface area (Å²) in [5.41, 5.74) is 7.02. The van der Waals surface area contributed by atoms with Gasteiger partial charge < -0.3 is 16.3 Å². The minimum absolute atomic E-state index is 0.0982. The van der Waals surface area contributed by atoms with E-state index in [0.717, 1.165) is 24.8 Å². The van der Waals surface area contributed by atoms with Crippen LogP contribution < -0.4 is 11.1 Å². The van der Waals surface area contributed by atoms with Gasteiger partial charge in [0.1, 0.15) is 5.82 Å². The second kappa shape index (κ2) is 5.57. The zero-order valence-corrected chi connectivity index (χ0v) is 12.0. The van der Waals surface area contributed by atoms with Crippen LogP contribution in [0.5, 0.6) is 0 Å². The molecule has 0 saturated carbocycles. The molecule has 110 valence electrons. The molecule has 2 aromatic rings. The second-order valence-corrected chi connectivity index (χ2v) is 5.88. The number of amides is 1. The van der Waals surface area contributed by atoms with E-state index < -0.39 is 0 Å². The van der Waals surface area contributed by atoms with Gasteiger partial charge >= 0.3 is 0 Å². The van der Waals surface area contributed by atoms with Crippen LogP contribution in [0.4, 0.5) is 5.82 Å². The molecule has 0 bridgehead atoms. The van der Waals surface area contributed by atoms with Crippen molar-refractivity contribution >= 4 is 28.9 Å². The molecular formula is C13H15N5O2S. The molecule has 0 spiro atoms. The molecule has 2 heterocycles. The van der Waals surface area contributed by atoms with Crippen LogP contribution >= 0.6 is 11.3 Å². The number of aryl methyl sites for hydroxylation is 1. The molecule has 1 amide bonds. The Morgan fingerprint density at radius 1 is 1.62 bits per heavy atom. The number of hydrogen-bond acceptors (Lipinski definition) is 5. The molecule has 21 heavy (non-hydrogen) atoms. The molecule has 3 rings (SSSR count). The van der Waals surface area contributed by atoms with Gasteiger partial charge in [-0.1, -0.05) is 5.16 Å². The molecule has 7 nitrogen and oxygen atoms in total. The van der Waals surface area contributed by atoms with E-state index in [9.17, 15) is 4.79 Å². The zero-order chi connectivity index (χ0) is 14.8. The number of fused-ring (bicyclic) bond motifs is 1. The number of rotatable bonds is 3. The Hall–Kier alpha value is -2.35. The van der Waals surface area contributed by atoms with E-state index in [2.05, 4.69) is 20.7 Å². The molecule has 1 aliphatic rings. The highest BCUT2D eigenvalue weighted by Gasteiger charge is 2.28. The van der Waals surface area contributed by atoms with Crippen molar-refractivity contribution in [2.45, 2.75) is 25.2 Å². The lowest BCUT2D eigenvalue weighted by Gasteiger charge is -2.21. The minimum Gasteiger partial charge on any atom is -0.409 e. The monoisotopic (exact) mass is 305 g/mol. The van der Waals surface area contributed by atoms with Crippen LogP contribution in [0.15, 0.2) is 22.8 Å². The highest BCUT2D eigenvalue weighted by atomic mass is 32.1. The van der Waals surface area contributed by atoms with Crippen LogP contribution in [-0.4, -0.2) is 27.1 Å². The maximum absolute atomic E-state index is 12.5. The summed E-state index contributed by atoms with van der Waals surface area (Å²) >= 11 is 1.69. The first-order chi connectivity index (χ1) is 10.2. The number of aromatic amines is 1. The first-order valence-corrected chi connectivity index (χ1v) is 7.47. The van der Waals surface area contributed by atoms with Crippen molar-refractivity contribution in [3.63, 3.8) is 0 Å². The van der Waals surface area contributed by atoms with E-state index in [1.54, 1.807) is 11.3 Å². The average molecular weight is 305 g/mol. The van der Waals surface area contributed by atoms with E-state index in [0.29, 0.717) is 11.4 Å². The molecule has 8 heteroatoms. The van der Waals surface area contributed by atoms with Crippen LogP contribution in [0.25, 0.3) is 0 Å². The summed E-state index contributed by atoms with van der Waals surface area (Å²) in [7, 11) is 0. The number of carbonyl (C=O) groups excluding carboxylic acids is 1. The van der Waals surface area contributed by atoms with Crippen molar-refractivity contribution in [1.82, 2.24) is 10.2 Å². The van der Waals surface area contributed by atoms with Gasteiger partial charge in [0.25, 0.3) is 0 Å². The Bertz CT molecular complexity index is 690. The van der Waals surface area contributed by atoms with Crippen molar-refractivity contribution in [3.05, 3.63) is 33.6 Å². The third kappa shape index (κ3) is 2.49. The van der Waals surface area contributed by atoms with Crippen LogP contribution in [0.1, 0.15) is 34.8 Å². The van der Waals surface area contributed by atoms with Gasteiger partial charge in [0, 0.05) is 4.88 Å². The van der Waals surface area contributed by atoms with Crippen molar-refractivity contribution in [3.8, 4) is 0 Å². The van der Waals surface area contributed by atoms with E-state index in [1.807, 2.05) is 11.4 Å². The van der Waals surface area contributed by atoms with Crippen molar-refractivity contribution in [2.24, 2.45) is 10.9 Å². The van der Waals surface area contributed by atoms with E-state index in [4.69, 9.17) is 10.9 Å². The fourth-order valence-electron chi connectivity index (χ4n) is 2.60. The van der Waals surface area contributed by atoms with Crippen molar-refractivity contribution < 1.29 is 10.0 Å². The van der Waals surface area contributed by atoms with Gasteiger partial charge in [-0.15, -0.1) is 11.3 Å². The number of oxime groups is 1. The number of nitrogens with one attached hydrogen (secondary N) is 2. The molecule has 2 aromatic heterocycles. The quantitative estimate of drug-likeness (QED) is 0.298. The fourth-order valence-corrected chi connectivity index (χ4v) is 3.59. The lowest BCUT2D eigenvalue weighted by molar-refractivity contribution is -0.117. The Morgan fingerprint density at radius 2 is 2.48 bits per heavy atom. The predicted molar refractivity (Wildman–Crippen MR) is 79.7 cm³/mol. The number of carbonyl (C=O) groups is 1. The normalized spacial score (nSPS) is 18.3. The maximum atomic E-state index is 12.5. The summed E-state index contributed by atoms with van der Waals surface area (Å²) in [5.74, 6) is -0.0226. The highest BCUT2D eigenvalue weighted by molar-refractivity contribution is 7.10. The summed E-state index contributed by atoms with van der Waals surface area (Å²) in [6.45, 7) is 0. The topological polar surface area (TPSA) is 116 Å². The highest BCUT2D eigenvalue weighted by Crippen LogP contribution is 2.35. The standard InChI is InChI=1S/C13H15N5O2S/c14-11(18-20)9-6-15-17-12(9)16-13(19)8-2-1-3-10-7(8)4-5-21-10/h4-6,8,20H,1-3H2,(H2,14,18)(H2,15,16,17,19). The van der Waals surface area contributed by atoms with Gasteiger partial charge in [-0.25, -0.2) is 0 Å². The number of amidine groups is 1. The zero-order valence-electron chi connectivity index (χ0n) is 11.2. The van der Waals surface area contributed by atoms with Crippen LogP contribution in [0.3, 0.4) is 0 Å². The molecule has 0 saturated heterocycles. The van der Waals surface area contributed by atoms with E-state index in [1.165, 1.54) is 11.1 Å². The summed E-state index contributed by atoms with van der Waals surface area (Å²) in [6.07, 6.45) is 4.27. The third-order valence-electron chi connectivity index (χ3n) is 3.64. The summed E-state index contributed by atoms with van der Waals surface area (Å²) in [5, 5.41) is 22.9. The predicted octanol–water partition coefficient (Wildman–Crippen LogP) is 1.62. The molecule has 0 aliphatic heterocycles. The number of aromatic nitrogens is 2. The molecule has 1 unspecified atom stereocenters. The number of H-pyrrole nitrogens is 1. The van der Waals surface area contributed by atoms with Crippen LogP contribution in [0, 0.1) is 0 Å². The lowest BCUT2D eigenvalue weighted by Crippen LogP contribution is -2.25. The smallest absolute Gasteiger partial charge is 0.233 e. The first kappa shape index (κ1) is 13.6. The number of hydrogen-bond donors (Lipinski definition) is 4. The molecule has 0 radical (unpaired) electrons. The van der Waals surface area contributed by atoms with Gasteiger partial charge in [-0.2, -0.15) is 5.10 Å². The Morgan fingerprint density at radius 3 is 3.29 bits per heavy atom. The second-order valence-electron chi connectivity index (χ2n) is 4.88. The molecule has 1 atom stereocenters. The van der Waals surface area contributed by atoms with Crippen LogP contribution in [0.2, 0.25) is 0 Å². The third-order valence-corrected chi connectivity index (χ3v) is 4.64. The number of anilines is 1. The van der Waals surface area contributed by atoms with Gasteiger partial charge in [-0.3, -0.25) is 9.89 Å². The van der Waals surface area contributed by atoms with Crippen molar-refractivity contribution in [2.75, 3.05) is 5.32 Å². The lowest BCUT2D eigenvalue weighted by atomic mass is 9.87. The number of thiophene rings is 1. The average Bonchev–Trinajstić information content (AvgIpc) is 3.14. The summed E-state index contributed by atoms with van der Waals surface area (Å²) in [6, 6.07) is 2.01. The van der Waals surface area contributed by atoms with Crippen molar-refractivity contribution in [1.29, 1.82) is 0 Å². The molecule has 5 N–H and O–H groups in total. The first-order valence-electron chi connectivity index (χ1n) is 6.59. The summed E-state index contributed by atoms with van der Waals surface area (Å²) < 4.78 is 0. The Kier molecular flexibility index (Phi) is 3.61. The number of nitrogens with two attached hydrogens (primary N) is 1. The Labute approximate surface area is 124 Å². The molecule has 0 fully saturated rings. The molecule has 1 aliphatic carbocycles. The largest absolute Gasteiger partial charge is 0.409 e. The van der Waals surface area contributed by atoms with Gasteiger partial charge in [0.05, 0.1) is 17.7 Å². The van der Waals surface area contributed by atoms with E-state index in [-0.39, 0.29) is 17.7 Å². The van der Waals surface area contributed by atoms with Gasteiger partial charge in [0.15, 0.2) is 5.84 Å². The van der Waals surface area contributed by atoms with Gasteiger partial charge in [-0.05, 0) is 36.3 Å².